The number of benzene rings is 1. The summed E-state index contributed by atoms with van der Waals surface area (Å²) in [6.45, 7) is 4.19. The number of aliphatic hydroxyl groups excluding tert-OH is 1. The Balaban J connectivity index is 1.50. The number of aryl methyl sites for hydroxylation is 1. The molecule has 7 nitrogen and oxygen atoms in total. The number of nitrogens with zero attached hydrogens (tertiary/aromatic N) is 4. The third-order valence-corrected chi connectivity index (χ3v) is 5.71. The molecule has 1 aromatic carbocycles. The quantitative estimate of drug-likeness (QED) is 0.655. The normalized spacial score (nSPS) is 16.5. The van der Waals surface area contributed by atoms with Crippen LogP contribution in [-0.2, 0) is 13.1 Å². The molecule has 1 atom stereocenters. The van der Waals surface area contributed by atoms with Crippen molar-refractivity contribution >= 4 is 0 Å². The lowest BCUT2D eigenvalue weighted by Gasteiger charge is -2.32. The summed E-state index contributed by atoms with van der Waals surface area (Å²) < 4.78 is 10.8. The first-order valence-electron chi connectivity index (χ1n) is 10.6. The molecule has 1 fully saturated rings. The van der Waals surface area contributed by atoms with Crippen molar-refractivity contribution in [1.82, 2.24) is 20.1 Å². The highest BCUT2D eigenvalue weighted by atomic mass is 16.6. The third kappa shape index (κ3) is 6.52. The molecule has 0 bridgehead atoms. The Morgan fingerprint density at radius 2 is 1.90 bits per heavy atom. The van der Waals surface area contributed by atoms with Crippen LogP contribution < -0.4 is 4.74 Å². The van der Waals surface area contributed by atoms with Crippen molar-refractivity contribution in [1.29, 1.82) is 0 Å². The van der Waals surface area contributed by atoms with Gasteiger partial charge in [0.15, 0.2) is 0 Å². The lowest BCUT2D eigenvalue weighted by Crippen LogP contribution is -2.40. The van der Waals surface area contributed by atoms with Gasteiger partial charge in [-0.3, -0.25) is 4.90 Å². The molecule has 1 saturated carbocycles. The minimum atomic E-state index is -0.503. The maximum Gasteiger partial charge on any atom is 0.123 e. The van der Waals surface area contributed by atoms with Crippen LogP contribution in [0.5, 0.6) is 5.75 Å². The monoisotopic (exact) mass is 402 g/mol. The predicted molar refractivity (Wildman–Crippen MR) is 112 cm³/mol. The predicted octanol–water partition coefficient (Wildman–Crippen LogP) is 3.01. The van der Waals surface area contributed by atoms with E-state index in [4.69, 9.17) is 9.37 Å². The Hall–Kier alpha value is -1.96. The van der Waals surface area contributed by atoms with Gasteiger partial charge >= 0.3 is 0 Å². The van der Waals surface area contributed by atoms with E-state index in [0.717, 1.165) is 22.7 Å². The van der Waals surface area contributed by atoms with E-state index >= 15 is 0 Å². The molecule has 0 aliphatic heterocycles. The second-order valence-corrected chi connectivity index (χ2v) is 8.27. The molecule has 1 N–H and O–H groups in total. The Bertz CT molecular complexity index is 745. The van der Waals surface area contributed by atoms with Gasteiger partial charge < -0.3 is 14.7 Å². The van der Waals surface area contributed by atoms with Crippen LogP contribution in [0.1, 0.15) is 49.1 Å². The Morgan fingerprint density at radius 3 is 2.62 bits per heavy atom. The van der Waals surface area contributed by atoms with E-state index in [9.17, 15) is 5.11 Å². The molecule has 0 saturated heterocycles. The van der Waals surface area contributed by atoms with Gasteiger partial charge in [-0.15, -0.1) is 0 Å². The summed E-state index contributed by atoms with van der Waals surface area (Å²) in [5, 5.41) is 18.3. The number of para-hydroxylation sites is 1. The Morgan fingerprint density at radius 1 is 1.14 bits per heavy atom. The van der Waals surface area contributed by atoms with Crippen molar-refractivity contribution in [2.24, 2.45) is 0 Å². The highest BCUT2D eigenvalue weighted by Crippen LogP contribution is 2.23. The van der Waals surface area contributed by atoms with Crippen molar-refractivity contribution in [3.05, 3.63) is 41.2 Å². The summed E-state index contributed by atoms with van der Waals surface area (Å²) in [4.78, 5) is 4.43. The number of hydrogen-bond donors (Lipinski definition) is 1. The first-order valence-corrected chi connectivity index (χ1v) is 10.6. The van der Waals surface area contributed by atoms with Crippen molar-refractivity contribution < 1.29 is 14.5 Å². The molecule has 1 aliphatic carbocycles. The zero-order chi connectivity index (χ0) is 20.6. The first kappa shape index (κ1) is 21.7. The minimum Gasteiger partial charge on any atom is -0.491 e. The van der Waals surface area contributed by atoms with E-state index < -0.39 is 6.10 Å². The standard InChI is InChI=1S/C22H34N4O3/c1-17-21(24-29-23-17)15-25(2)13-18-9-7-8-12-22(18)28-16-20(27)14-26(3)19-10-5-4-6-11-19/h7-9,12,19-20,27H,4-6,10-11,13-16H2,1-3H3. The number of aromatic nitrogens is 2. The molecule has 1 aromatic heterocycles. The summed E-state index contributed by atoms with van der Waals surface area (Å²) in [5.41, 5.74) is 2.73. The van der Waals surface area contributed by atoms with Crippen molar-refractivity contribution in [2.75, 3.05) is 27.2 Å². The van der Waals surface area contributed by atoms with Crippen LogP contribution in [0.15, 0.2) is 28.9 Å². The summed E-state index contributed by atoms with van der Waals surface area (Å²) in [6.07, 6.45) is 5.91. The molecule has 3 rings (SSSR count). The fraction of sp³-hybridized carbons (Fsp3) is 0.636. The van der Waals surface area contributed by atoms with Crippen LogP contribution in [0.3, 0.4) is 0 Å². The number of likely N-dealkylation sites (N-methyl/N-ethyl adjacent to an activating group) is 1. The fourth-order valence-corrected chi connectivity index (χ4v) is 4.01. The number of ether oxygens (including phenoxy) is 1. The average molecular weight is 403 g/mol. The molecule has 29 heavy (non-hydrogen) atoms. The van der Waals surface area contributed by atoms with Gasteiger partial charge in [-0.2, -0.15) is 0 Å². The van der Waals surface area contributed by atoms with Crippen molar-refractivity contribution in [3.8, 4) is 5.75 Å². The Kier molecular flexibility index (Phi) is 8.03. The highest BCUT2D eigenvalue weighted by molar-refractivity contribution is 5.33. The van der Waals surface area contributed by atoms with Crippen LogP contribution in [0.25, 0.3) is 0 Å². The van der Waals surface area contributed by atoms with Crippen LogP contribution in [0, 0.1) is 6.92 Å². The van der Waals surface area contributed by atoms with Crippen LogP contribution in [0.4, 0.5) is 0 Å². The maximum atomic E-state index is 10.5. The van der Waals surface area contributed by atoms with Gasteiger partial charge in [-0.1, -0.05) is 47.8 Å². The molecule has 0 radical (unpaired) electrons. The minimum absolute atomic E-state index is 0.296. The summed E-state index contributed by atoms with van der Waals surface area (Å²) in [6, 6.07) is 8.58. The summed E-state index contributed by atoms with van der Waals surface area (Å²) in [7, 11) is 4.14. The number of rotatable bonds is 10. The van der Waals surface area contributed by atoms with Gasteiger partial charge in [0.1, 0.15) is 29.8 Å². The number of hydrogen-bond acceptors (Lipinski definition) is 7. The van der Waals surface area contributed by atoms with Gasteiger partial charge in [-0.25, -0.2) is 4.63 Å². The van der Waals surface area contributed by atoms with Gasteiger partial charge in [-0.05, 0) is 39.9 Å². The molecule has 7 heteroatoms. The zero-order valence-electron chi connectivity index (χ0n) is 17.9. The van der Waals surface area contributed by atoms with Crippen LogP contribution in [-0.4, -0.2) is 64.6 Å². The fourth-order valence-electron chi connectivity index (χ4n) is 4.01. The van der Waals surface area contributed by atoms with Crippen LogP contribution in [0.2, 0.25) is 0 Å². The van der Waals surface area contributed by atoms with E-state index in [1.165, 1.54) is 32.1 Å². The van der Waals surface area contributed by atoms with Gasteiger partial charge in [0.2, 0.25) is 0 Å². The molecular formula is C22H34N4O3. The highest BCUT2D eigenvalue weighted by Gasteiger charge is 2.20. The van der Waals surface area contributed by atoms with E-state index in [2.05, 4.69) is 33.2 Å². The summed E-state index contributed by atoms with van der Waals surface area (Å²) >= 11 is 0. The van der Waals surface area contributed by atoms with Crippen LogP contribution >= 0.6 is 0 Å². The van der Waals surface area contributed by atoms with Crippen molar-refractivity contribution in [3.63, 3.8) is 0 Å². The first-order chi connectivity index (χ1) is 14.0. The molecule has 0 amide bonds. The van der Waals surface area contributed by atoms with Crippen molar-refractivity contribution in [2.45, 2.75) is 64.3 Å². The molecule has 160 valence electrons. The van der Waals surface area contributed by atoms with E-state index in [-0.39, 0.29) is 0 Å². The molecule has 1 heterocycles. The molecule has 0 spiro atoms. The largest absolute Gasteiger partial charge is 0.491 e. The molecule has 2 aromatic rings. The lowest BCUT2D eigenvalue weighted by atomic mass is 9.94. The third-order valence-electron chi connectivity index (χ3n) is 5.71. The zero-order valence-corrected chi connectivity index (χ0v) is 17.9. The molecule has 1 unspecified atom stereocenters. The smallest absolute Gasteiger partial charge is 0.123 e. The lowest BCUT2D eigenvalue weighted by molar-refractivity contribution is 0.0556. The molecule has 1 aliphatic rings. The van der Waals surface area contributed by atoms with Gasteiger partial charge in [0, 0.05) is 31.2 Å². The topological polar surface area (TPSA) is 74.9 Å². The van der Waals surface area contributed by atoms with E-state index in [1.54, 1.807) is 0 Å². The molecular weight excluding hydrogens is 368 g/mol. The van der Waals surface area contributed by atoms with E-state index in [1.807, 2.05) is 32.2 Å². The second kappa shape index (κ2) is 10.7. The van der Waals surface area contributed by atoms with Gasteiger partial charge in [0.25, 0.3) is 0 Å². The summed E-state index contributed by atoms with van der Waals surface area (Å²) in [5.74, 6) is 0.814. The average Bonchev–Trinajstić information content (AvgIpc) is 3.12. The Labute approximate surface area is 173 Å². The van der Waals surface area contributed by atoms with E-state index in [0.29, 0.717) is 32.3 Å². The SMILES string of the molecule is Cc1nonc1CN(C)Cc1ccccc1OCC(O)CN(C)C1CCCCC1. The number of aliphatic hydroxyl groups is 1. The second-order valence-electron chi connectivity index (χ2n) is 8.27. The maximum absolute atomic E-state index is 10.5. The van der Waals surface area contributed by atoms with Gasteiger partial charge in [0.05, 0.1) is 0 Å².